The van der Waals surface area contributed by atoms with Crippen molar-refractivity contribution in [3.63, 3.8) is 0 Å². The van der Waals surface area contributed by atoms with Crippen molar-refractivity contribution in [3.8, 4) is 0 Å². The zero-order chi connectivity index (χ0) is 14.8. The molecular weight excluding hydrogens is 302 g/mol. The van der Waals surface area contributed by atoms with Gasteiger partial charge in [0.2, 0.25) is 0 Å². The van der Waals surface area contributed by atoms with E-state index in [1.54, 1.807) is 11.0 Å². The Balaban J connectivity index is 1.65. The van der Waals surface area contributed by atoms with Crippen molar-refractivity contribution in [2.24, 2.45) is 5.92 Å². The molecular formula is C16H19NO2S2. The molecule has 2 aliphatic rings. The highest BCUT2D eigenvalue weighted by Gasteiger charge is 2.32. The van der Waals surface area contributed by atoms with E-state index in [1.165, 1.54) is 37.4 Å². The number of aryl methyl sites for hydroxylation is 1. The second kappa shape index (κ2) is 6.36. The number of hydrogen-bond acceptors (Lipinski definition) is 4. The molecule has 112 valence electrons. The van der Waals surface area contributed by atoms with Crippen LogP contribution in [0, 0.1) is 12.8 Å². The average molecular weight is 321 g/mol. The lowest BCUT2D eigenvalue weighted by Gasteiger charge is -2.17. The van der Waals surface area contributed by atoms with Crippen LogP contribution in [0.4, 0.5) is 0 Å². The highest BCUT2D eigenvalue weighted by atomic mass is 32.2. The van der Waals surface area contributed by atoms with Crippen molar-refractivity contribution in [2.45, 2.75) is 39.0 Å². The molecule has 1 saturated carbocycles. The maximum Gasteiger partial charge on any atom is 0.266 e. The van der Waals surface area contributed by atoms with Gasteiger partial charge in [0.25, 0.3) is 5.91 Å². The summed E-state index contributed by atoms with van der Waals surface area (Å²) in [7, 11) is 0. The number of carbonyl (C=O) groups is 1. The van der Waals surface area contributed by atoms with E-state index in [0.717, 1.165) is 24.6 Å². The first kappa shape index (κ1) is 14.9. The van der Waals surface area contributed by atoms with Gasteiger partial charge in [0.1, 0.15) is 15.8 Å². The van der Waals surface area contributed by atoms with Gasteiger partial charge in [-0.25, -0.2) is 0 Å². The van der Waals surface area contributed by atoms with Gasteiger partial charge in [-0.3, -0.25) is 9.69 Å². The number of thioether (sulfide) groups is 1. The van der Waals surface area contributed by atoms with Gasteiger partial charge in [-0.1, -0.05) is 49.7 Å². The molecule has 2 fully saturated rings. The van der Waals surface area contributed by atoms with Crippen LogP contribution in [0.2, 0.25) is 0 Å². The predicted molar refractivity (Wildman–Crippen MR) is 89.9 cm³/mol. The minimum absolute atomic E-state index is 0.0250. The Labute approximate surface area is 134 Å². The normalized spacial score (nSPS) is 22.0. The topological polar surface area (TPSA) is 33.5 Å². The lowest BCUT2D eigenvalue weighted by atomic mass is 10.0. The van der Waals surface area contributed by atoms with Gasteiger partial charge in [0.15, 0.2) is 0 Å². The standard InChI is InChI=1S/C16H19NO2S2/c1-11-6-7-13(19-11)10-14-15(18)17(16(20)21-14)9-8-12-4-2-3-5-12/h6-7,10,12H,2-5,8-9H2,1H3/b14-10+. The highest BCUT2D eigenvalue weighted by Crippen LogP contribution is 2.34. The Kier molecular flexibility index (Phi) is 4.50. The summed E-state index contributed by atoms with van der Waals surface area (Å²) >= 11 is 6.73. The SMILES string of the molecule is Cc1ccc(/C=C2/SC(=S)N(CCC3CCCC3)C2=O)o1. The molecule has 1 aromatic heterocycles. The number of amides is 1. The number of rotatable bonds is 4. The van der Waals surface area contributed by atoms with E-state index in [9.17, 15) is 4.79 Å². The third-order valence-electron chi connectivity index (χ3n) is 4.14. The van der Waals surface area contributed by atoms with Crippen LogP contribution in [0.5, 0.6) is 0 Å². The first-order valence-corrected chi connectivity index (χ1v) is 8.68. The summed E-state index contributed by atoms with van der Waals surface area (Å²) in [5, 5.41) is 0. The van der Waals surface area contributed by atoms with Crippen LogP contribution in [0.3, 0.4) is 0 Å². The van der Waals surface area contributed by atoms with Crippen LogP contribution in [0.1, 0.15) is 43.6 Å². The molecule has 5 heteroatoms. The third-order valence-corrected chi connectivity index (χ3v) is 5.52. The molecule has 0 unspecified atom stereocenters. The molecule has 0 N–H and O–H groups in total. The van der Waals surface area contributed by atoms with Gasteiger partial charge in [-0.2, -0.15) is 0 Å². The van der Waals surface area contributed by atoms with Crippen LogP contribution in [-0.4, -0.2) is 21.7 Å². The van der Waals surface area contributed by atoms with E-state index < -0.39 is 0 Å². The molecule has 0 radical (unpaired) electrons. The summed E-state index contributed by atoms with van der Waals surface area (Å²) in [6, 6.07) is 3.77. The number of thiocarbonyl (C=S) groups is 1. The molecule has 1 aromatic rings. The van der Waals surface area contributed by atoms with Crippen LogP contribution in [0.15, 0.2) is 21.5 Å². The molecule has 0 spiro atoms. The number of nitrogens with zero attached hydrogens (tertiary/aromatic N) is 1. The number of carbonyl (C=O) groups excluding carboxylic acids is 1. The molecule has 3 rings (SSSR count). The molecule has 1 aliphatic carbocycles. The van der Waals surface area contributed by atoms with Gasteiger partial charge in [-0.05, 0) is 31.4 Å². The molecule has 21 heavy (non-hydrogen) atoms. The molecule has 0 atom stereocenters. The quantitative estimate of drug-likeness (QED) is 0.609. The Morgan fingerprint density at radius 3 is 2.86 bits per heavy atom. The van der Waals surface area contributed by atoms with Crippen molar-refractivity contribution in [1.82, 2.24) is 4.90 Å². The fraction of sp³-hybridized carbons (Fsp3) is 0.500. The smallest absolute Gasteiger partial charge is 0.266 e. The first-order valence-electron chi connectivity index (χ1n) is 7.45. The molecule has 1 amide bonds. The maximum atomic E-state index is 12.4. The van der Waals surface area contributed by atoms with Crippen molar-refractivity contribution in [2.75, 3.05) is 6.54 Å². The molecule has 1 saturated heterocycles. The fourth-order valence-electron chi connectivity index (χ4n) is 2.96. The average Bonchev–Trinajstić information content (AvgIpc) is 3.14. The lowest BCUT2D eigenvalue weighted by Crippen LogP contribution is -2.30. The maximum absolute atomic E-state index is 12.4. The zero-order valence-corrected chi connectivity index (χ0v) is 13.8. The molecule has 2 heterocycles. The summed E-state index contributed by atoms with van der Waals surface area (Å²) in [6.07, 6.45) is 8.13. The Morgan fingerprint density at radius 1 is 1.43 bits per heavy atom. The Morgan fingerprint density at radius 2 is 2.19 bits per heavy atom. The molecule has 1 aliphatic heterocycles. The van der Waals surface area contributed by atoms with E-state index in [1.807, 2.05) is 19.1 Å². The largest absolute Gasteiger partial charge is 0.462 e. The van der Waals surface area contributed by atoms with Crippen LogP contribution in [0.25, 0.3) is 6.08 Å². The summed E-state index contributed by atoms with van der Waals surface area (Å²) < 4.78 is 6.18. The van der Waals surface area contributed by atoms with E-state index >= 15 is 0 Å². The molecule has 0 aromatic carbocycles. The van der Waals surface area contributed by atoms with Crippen LogP contribution >= 0.6 is 24.0 Å². The summed E-state index contributed by atoms with van der Waals surface area (Å²) in [4.78, 5) is 14.9. The van der Waals surface area contributed by atoms with Crippen molar-refractivity contribution in [1.29, 1.82) is 0 Å². The summed E-state index contributed by atoms with van der Waals surface area (Å²) in [5.74, 6) is 2.35. The minimum Gasteiger partial charge on any atom is -0.462 e. The van der Waals surface area contributed by atoms with Crippen LogP contribution < -0.4 is 0 Å². The van der Waals surface area contributed by atoms with Gasteiger partial charge in [-0.15, -0.1) is 0 Å². The second-order valence-electron chi connectivity index (χ2n) is 5.72. The van der Waals surface area contributed by atoms with Gasteiger partial charge < -0.3 is 4.42 Å². The minimum atomic E-state index is 0.0250. The fourth-order valence-corrected chi connectivity index (χ4v) is 4.25. The van der Waals surface area contributed by atoms with E-state index in [-0.39, 0.29) is 5.91 Å². The lowest BCUT2D eigenvalue weighted by molar-refractivity contribution is -0.122. The predicted octanol–water partition coefficient (Wildman–Crippen LogP) is 4.37. The van der Waals surface area contributed by atoms with E-state index in [2.05, 4.69) is 0 Å². The number of hydrogen-bond donors (Lipinski definition) is 0. The molecule has 0 bridgehead atoms. The van der Waals surface area contributed by atoms with Gasteiger partial charge in [0.05, 0.1) is 4.91 Å². The van der Waals surface area contributed by atoms with Gasteiger partial charge >= 0.3 is 0 Å². The van der Waals surface area contributed by atoms with Crippen molar-refractivity contribution >= 4 is 40.3 Å². The van der Waals surface area contributed by atoms with E-state index in [0.29, 0.717) is 15.0 Å². The third kappa shape index (κ3) is 3.40. The Bertz CT molecular complexity index is 585. The monoisotopic (exact) mass is 321 g/mol. The Hall–Kier alpha value is -1.07. The molecule has 3 nitrogen and oxygen atoms in total. The van der Waals surface area contributed by atoms with Gasteiger partial charge in [0, 0.05) is 12.6 Å². The number of furan rings is 1. The van der Waals surface area contributed by atoms with E-state index in [4.69, 9.17) is 16.6 Å². The summed E-state index contributed by atoms with van der Waals surface area (Å²) in [5.41, 5.74) is 0. The first-order chi connectivity index (χ1) is 10.1. The summed E-state index contributed by atoms with van der Waals surface area (Å²) in [6.45, 7) is 2.65. The van der Waals surface area contributed by atoms with Crippen molar-refractivity contribution in [3.05, 3.63) is 28.6 Å². The zero-order valence-electron chi connectivity index (χ0n) is 12.1. The second-order valence-corrected chi connectivity index (χ2v) is 7.40. The highest BCUT2D eigenvalue weighted by molar-refractivity contribution is 8.26. The van der Waals surface area contributed by atoms with Crippen molar-refractivity contribution < 1.29 is 9.21 Å². The van der Waals surface area contributed by atoms with Crippen LogP contribution in [-0.2, 0) is 4.79 Å².